The van der Waals surface area contributed by atoms with E-state index in [0.29, 0.717) is 5.75 Å². The number of unbranched alkanes of at least 4 members (excludes halogenated alkanes) is 11. The molecule has 0 radical (unpaired) electrons. The minimum atomic E-state index is -4.45. The normalized spacial score (nSPS) is 11.2. The molecule has 1 N–H and O–H groups in total. The molecule has 0 heterocycles. The van der Waals surface area contributed by atoms with Gasteiger partial charge in [0.2, 0.25) is 0 Å². The number of ether oxygens (including phenoxy) is 1. The molecule has 0 bridgehead atoms. The third-order valence-corrected chi connectivity index (χ3v) is 6.46. The van der Waals surface area contributed by atoms with Crippen molar-refractivity contribution in [1.29, 1.82) is 0 Å². The summed E-state index contributed by atoms with van der Waals surface area (Å²) in [5.41, 5.74) is 1.22. The maximum Gasteiger partial charge on any atom is 1.00 e. The molecule has 0 aromatic heterocycles. The summed E-state index contributed by atoms with van der Waals surface area (Å²) < 4.78 is 37.2. The van der Waals surface area contributed by atoms with Crippen molar-refractivity contribution in [2.45, 2.75) is 95.3 Å². The van der Waals surface area contributed by atoms with E-state index in [2.05, 4.69) is 6.92 Å². The fraction of sp³-hybridized carbons (Fsp3) is 0.538. The van der Waals surface area contributed by atoms with E-state index < -0.39 is 20.8 Å². The fourth-order valence-electron chi connectivity index (χ4n) is 3.78. The van der Waals surface area contributed by atoms with Gasteiger partial charge >= 0.3 is 29.6 Å². The van der Waals surface area contributed by atoms with Crippen LogP contribution in [0.5, 0.6) is 17.2 Å². The molecule has 178 valence electrons. The molecule has 0 spiro atoms. The largest absolute Gasteiger partial charge is 1.00 e. The van der Waals surface area contributed by atoms with Crippen LogP contribution in [0.2, 0.25) is 0 Å². The molecule has 2 aromatic carbocycles. The minimum Gasteiger partial charge on any atom is -0.872 e. The molecule has 0 aliphatic carbocycles. The van der Waals surface area contributed by atoms with Gasteiger partial charge in [0.15, 0.2) is 0 Å². The van der Waals surface area contributed by atoms with E-state index in [1.807, 2.05) is 12.1 Å². The zero-order chi connectivity index (χ0) is 23.2. The summed E-state index contributed by atoms with van der Waals surface area (Å²) in [6.45, 7) is 2.26. The first-order valence-electron chi connectivity index (χ1n) is 11.9. The summed E-state index contributed by atoms with van der Waals surface area (Å²) in [4.78, 5) is -0.469. The standard InChI is InChI=1S/C26H38O5S.Na/c1-2-3-4-5-6-7-8-9-10-11-12-13-14-22-15-17-24(18-16-22)31-25-19-23(27)20-26(21-25)32(28,29)30;/h15-21,27H,2-14H2,1H3,(H,28,29,30);/q;+1/p-1. The smallest absolute Gasteiger partial charge is 0.872 e. The predicted molar refractivity (Wildman–Crippen MR) is 127 cm³/mol. The number of aryl methyl sites for hydroxylation is 1. The first-order valence-corrected chi connectivity index (χ1v) is 13.4. The summed E-state index contributed by atoms with van der Waals surface area (Å²) in [5.74, 6) is 0.0490. The van der Waals surface area contributed by atoms with Gasteiger partial charge in [-0.05, 0) is 42.7 Å². The van der Waals surface area contributed by atoms with Gasteiger partial charge < -0.3 is 9.84 Å². The summed E-state index contributed by atoms with van der Waals surface area (Å²) in [5, 5.41) is 11.6. The Hall–Kier alpha value is -1.05. The van der Waals surface area contributed by atoms with Crippen LogP contribution in [0.3, 0.4) is 0 Å². The van der Waals surface area contributed by atoms with Gasteiger partial charge in [-0.3, -0.25) is 4.55 Å². The molecule has 0 fully saturated rings. The van der Waals surface area contributed by atoms with Gasteiger partial charge in [0.1, 0.15) is 11.5 Å². The van der Waals surface area contributed by atoms with Gasteiger partial charge in [0.25, 0.3) is 10.1 Å². The zero-order valence-corrected chi connectivity index (χ0v) is 23.0. The van der Waals surface area contributed by atoms with Gasteiger partial charge in [0, 0.05) is 6.07 Å². The number of benzene rings is 2. The second kappa shape index (κ2) is 16.6. The molecule has 0 amide bonds. The topological polar surface area (TPSA) is 86.7 Å². The van der Waals surface area contributed by atoms with E-state index >= 15 is 0 Å². The minimum absolute atomic E-state index is 0. The van der Waals surface area contributed by atoms with Crippen LogP contribution in [-0.4, -0.2) is 13.0 Å². The van der Waals surface area contributed by atoms with Crippen LogP contribution in [0.25, 0.3) is 0 Å². The van der Waals surface area contributed by atoms with Crippen LogP contribution in [0.4, 0.5) is 0 Å². The Bertz CT molecular complexity index is 897. The molecule has 5 nitrogen and oxygen atoms in total. The molecule has 0 aliphatic rings. The van der Waals surface area contributed by atoms with E-state index in [0.717, 1.165) is 25.0 Å². The molecule has 0 atom stereocenters. The third kappa shape index (κ3) is 12.8. The molecule has 2 aromatic rings. The van der Waals surface area contributed by atoms with Crippen LogP contribution in [0, 0.1) is 0 Å². The third-order valence-electron chi connectivity index (χ3n) is 5.63. The monoisotopic (exact) mass is 484 g/mol. The Kier molecular flexibility index (Phi) is 15.0. The van der Waals surface area contributed by atoms with E-state index in [1.54, 1.807) is 12.1 Å². The van der Waals surface area contributed by atoms with Crippen molar-refractivity contribution in [1.82, 2.24) is 0 Å². The second-order valence-corrected chi connectivity index (χ2v) is 9.92. The Morgan fingerprint density at radius 1 is 0.758 bits per heavy atom. The van der Waals surface area contributed by atoms with Gasteiger partial charge in [-0.25, -0.2) is 0 Å². The first-order chi connectivity index (χ1) is 15.4. The average Bonchev–Trinajstić information content (AvgIpc) is 2.74. The Balaban J connectivity index is 0.00000544. The number of hydrogen-bond donors (Lipinski definition) is 1. The molecule has 0 saturated heterocycles. The molecule has 2 rings (SSSR count). The van der Waals surface area contributed by atoms with Gasteiger partial charge in [-0.1, -0.05) is 89.7 Å². The molecular weight excluding hydrogens is 447 g/mol. The fourth-order valence-corrected chi connectivity index (χ4v) is 4.31. The van der Waals surface area contributed by atoms with Crippen molar-refractivity contribution in [2.24, 2.45) is 0 Å². The molecule has 0 saturated carbocycles. The van der Waals surface area contributed by atoms with Crippen molar-refractivity contribution in [3.8, 4) is 17.2 Å². The zero-order valence-electron chi connectivity index (χ0n) is 20.2. The van der Waals surface area contributed by atoms with Crippen LogP contribution in [0.1, 0.15) is 89.5 Å². The Morgan fingerprint density at radius 3 is 1.79 bits per heavy atom. The predicted octanol–water partition coefficient (Wildman–Crippen LogP) is 4.05. The molecule has 33 heavy (non-hydrogen) atoms. The quantitative estimate of drug-likeness (QED) is 0.221. The molecule has 0 aliphatic heterocycles. The van der Waals surface area contributed by atoms with Crippen molar-refractivity contribution in [3.63, 3.8) is 0 Å². The molecular formula is C26H37NaO5S. The number of rotatable bonds is 16. The summed E-state index contributed by atoms with van der Waals surface area (Å²) in [6, 6.07) is 10.8. The Morgan fingerprint density at radius 2 is 1.27 bits per heavy atom. The van der Waals surface area contributed by atoms with Crippen molar-refractivity contribution >= 4 is 10.1 Å². The first kappa shape index (κ1) is 30.0. The van der Waals surface area contributed by atoms with E-state index in [1.165, 1.54) is 82.3 Å². The summed E-state index contributed by atoms with van der Waals surface area (Å²) >= 11 is 0. The van der Waals surface area contributed by atoms with Crippen LogP contribution in [0.15, 0.2) is 47.4 Å². The van der Waals surface area contributed by atoms with Gasteiger partial charge in [0.05, 0.1) is 4.90 Å². The Labute approximate surface area is 222 Å². The van der Waals surface area contributed by atoms with Crippen LogP contribution < -0.4 is 39.4 Å². The number of hydrogen-bond acceptors (Lipinski definition) is 4. The van der Waals surface area contributed by atoms with E-state index in [-0.39, 0.29) is 35.3 Å². The molecule has 0 unspecified atom stereocenters. The van der Waals surface area contributed by atoms with E-state index in [4.69, 9.17) is 9.29 Å². The molecule has 7 heteroatoms. The summed E-state index contributed by atoms with van der Waals surface area (Å²) in [7, 11) is -4.45. The second-order valence-electron chi connectivity index (χ2n) is 8.50. The van der Waals surface area contributed by atoms with Crippen molar-refractivity contribution in [3.05, 3.63) is 48.0 Å². The van der Waals surface area contributed by atoms with Gasteiger partial charge in [-0.2, -0.15) is 8.42 Å². The van der Waals surface area contributed by atoms with E-state index in [9.17, 15) is 13.5 Å². The average molecular weight is 485 g/mol. The maximum atomic E-state index is 11.6. The summed E-state index contributed by atoms with van der Waals surface area (Å²) in [6.07, 6.45) is 17.0. The maximum absolute atomic E-state index is 11.6. The van der Waals surface area contributed by atoms with Crippen LogP contribution >= 0.6 is 0 Å². The SMILES string of the molecule is CCCCCCCCCCCCCCc1ccc(Oc2cc([O-])cc(S(=O)(=O)O)c2)cc1.[Na+]. The van der Waals surface area contributed by atoms with Gasteiger partial charge in [-0.15, -0.1) is 5.75 Å². The van der Waals surface area contributed by atoms with Crippen LogP contribution in [-0.2, 0) is 16.5 Å². The van der Waals surface area contributed by atoms with Crippen molar-refractivity contribution < 1.29 is 52.4 Å². The van der Waals surface area contributed by atoms with Crippen molar-refractivity contribution in [2.75, 3.05) is 0 Å².